The van der Waals surface area contributed by atoms with Crippen LogP contribution in [0.5, 0.6) is 0 Å². The lowest BCUT2D eigenvalue weighted by atomic mass is 10.0. The predicted molar refractivity (Wildman–Crippen MR) is 70.3 cm³/mol. The highest BCUT2D eigenvalue weighted by molar-refractivity contribution is 5.27. The Labute approximate surface area is 116 Å². The monoisotopic (exact) mass is 288 g/mol. The van der Waals surface area contributed by atoms with Crippen molar-refractivity contribution in [2.24, 2.45) is 0 Å². The summed E-state index contributed by atoms with van der Waals surface area (Å²) in [6.07, 6.45) is -3.35. The molecule has 0 amide bonds. The van der Waals surface area contributed by atoms with Crippen LogP contribution in [0.25, 0.3) is 0 Å². The zero-order chi connectivity index (χ0) is 14.6. The molecular formula is C14H19F3N2O. The molecule has 1 aliphatic rings. The minimum absolute atomic E-state index is 0.0919. The maximum Gasteiger partial charge on any atom is 0.416 e. The van der Waals surface area contributed by atoms with Gasteiger partial charge in [0.15, 0.2) is 0 Å². The molecule has 0 aromatic heterocycles. The number of rotatable bonds is 3. The normalized spacial score (nSPS) is 19.6. The van der Waals surface area contributed by atoms with Crippen LogP contribution in [0, 0.1) is 0 Å². The van der Waals surface area contributed by atoms with Gasteiger partial charge in [-0.2, -0.15) is 13.2 Å². The molecule has 6 heteroatoms. The first-order chi connectivity index (χ1) is 9.52. The molecule has 3 nitrogen and oxygen atoms in total. The summed E-state index contributed by atoms with van der Waals surface area (Å²) in [6.45, 7) is 3.29. The molecule has 1 aliphatic heterocycles. The van der Waals surface area contributed by atoms with Crippen molar-refractivity contribution in [1.82, 2.24) is 10.2 Å². The van der Waals surface area contributed by atoms with Gasteiger partial charge in [0.25, 0.3) is 0 Å². The molecule has 1 aromatic carbocycles. The second-order valence-electron chi connectivity index (χ2n) is 4.96. The second-order valence-corrected chi connectivity index (χ2v) is 4.96. The lowest BCUT2D eigenvalue weighted by Crippen LogP contribution is -2.34. The standard InChI is InChI=1S/C14H19F3N2O/c15-14(16,17)12-4-2-11(3-5-12)13(10-20)19-8-1-6-18-7-9-19/h2-5,13,18,20H,1,6-10H2. The number of nitrogens with zero attached hydrogens (tertiary/aromatic N) is 1. The maximum atomic E-state index is 12.5. The number of alkyl halides is 3. The van der Waals surface area contributed by atoms with E-state index in [9.17, 15) is 18.3 Å². The number of aliphatic hydroxyl groups is 1. The van der Waals surface area contributed by atoms with E-state index in [0.29, 0.717) is 0 Å². The molecule has 0 radical (unpaired) electrons. The minimum Gasteiger partial charge on any atom is -0.394 e. The van der Waals surface area contributed by atoms with Crippen LogP contribution in [0.3, 0.4) is 0 Å². The molecule has 0 bridgehead atoms. The molecule has 1 atom stereocenters. The van der Waals surface area contributed by atoms with Crippen molar-refractivity contribution in [1.29, 1.82) is 0 Å². The van der Waals surface area contributed by atoms with Crippen LogP contribution in [-0.2, 0) is 6.18 Å². The zero-order valence-electron chi connectivity index (χ0n) is 11.2. The SMILES string of the molecule is OCC(c1ccc(C(F)(F)F)cc1)N1CCCNCC1. The van der Waals surface area contributed by atoms with Gasteiger partial charge in [0.1, 0.15) is 0 Å². The first-order valence-electron chi connectivity index (χ1n) is 6.75. The average molecular weight is 288 g/mol. The van der Waals surface area contributed by atoms with Gasteiger partial charge in [-0.1, -0.05) is 12.1 Å². The van der Waals surface area contributed by atoms with Crippen molar-refractivity contribution in [2.45, 2.75) is 18.6 Å². The Morgan fingerprint density at radius 3 is 2.45 bits per heavy atom. The van der Waals surface area contributed by atoms with Crippen molar-refractivity contribution in [3.05, 3.63) is 35.4 Å². The number of hydrogen-bond donors (Lipinski definition) is 2. The Morgan fingerprint density at radius 2 is 1.85 bits per heavy atom. The van der Waals surface area contributed by atoms with Crippen molar-refractivity contribution < 1.29 is 18.3 Å². The van der Waals surface area contributed by atoms with Crippen LogP contribution >= 0.6 is 0 Å². The van der Waals surface area contributed by atoms with Crippen LogP contribution in [0.1, 0.15) is 23.6 Å². The molecule has 112 valence electrons. The Balaban J connectivity index is 2.14. The second kappa shape index (κ2) is 6.56. The fourth-order valence-electron chi connectivity index (χ4n) is 2.50. The lowest BCUT2D eigenvalue weighted by molar-refractivity contribution is -0.137. The molecule has 1 heterocycles. The Morgan fingerprint density at radius 1 is 1.15 bits per heavy atom. The Hall–Kier alpha value is -1.11. The van der Waals surface area contributed by atoms with Crippen LogP contribution in [0.2, 0.25) is 0 Å². The van der Waals surface area contributed by atoms with Gasteiger partial charge in [-0.3, -0.25) is 4.90 Å². The molecule has 1 unspecified atom stereocenters. The number of benzene rings is 1. The van der Waals surface area contributed by atoms with Gasteiger partial charge >= 0.3 is 6.18 Å². The van der Waals surface area contributed by atoms with E-state index >= 15 is 0 Å². The van der Waals surface area contributed by atoms with E-state index < -0.39 is 11.7 Å². The molecule has 0 spiro atoms. The Bertz CT molecular complexity index is 411. The van der Waals surface area contributed by atoms with Crippen molar-refractivity contribution in [3.8, 4) is 0 Å². The van der Waals surface area contributed by atoms with E-state index in [1.54, 1.807) is 0 Å². The van der Waals surface area contributed by atoms with E-state index in [1.165, 1.54) is 12.1 Å². The third kappa shape index (κ3) is 3.71. The molecular weight excluding hydrogens is 269 g/mol. The highest BCUT2D eigenvalue weighted by Crippen LogP contribution is 2.30. The summed E-state index contributed by atoms with van der Waals surface area (Å²) < 4.78 is 37.6. The van der Waals surface area contributed by atoms with Crippen molar-refractivity contribution in [3.63, 3.8) is 0 Å². The summed E-state index contributed by atoms with van der Waals surface area (Å²) in [5.41, 5.74) is 0.0675. The third-order valence-corrected chi connectivity index (χ3v) is 3.61. The summed E-state index contributed by atoms with van der Waals surface area (Å²) in [5, 5.41) is 12.8. The molecule has 2 N–H and O–H groups in total. The molecule has 0 saturated carbocycles. The van der Waals surface area contributed by atoms with Gasteiger partial charge in [0, 0.05) is 19.6 Å². The van der Waals surface area contributed by atoms with Gasteiger partial charge in [0.2, 0.25) is 0 Å². The summed E-state index contributed by atoms with van der Waals surface area (Å²) >= 11 is 0. The molecule has 2 rings (SSSR count). The van der Waals surface area contributed by atoms with Crippen LogP contribution < -0.4 is 5.32 Å². The summed E-state index contributed by atoms with van der Waals surface area (Å²) in [5.74, 6) is 0. The maximum absolute atomic E-state index is 12.5. The third-order valence-electron chi connectivity index (χ3n) is 3.61. The fourth-order valence-corrected chi connectivity index (χ4v) is 2.50. The summed E-state index contributed by atoms with van der Waals surface area (Å²) in [7, 11) is 0. The molecule has 1 saturated heterocycles. The van der Waals surface area contributed by atoms with E-state index in [4.69, 9.17) is 0 Å². The average Bonchev–Trinajstić information content (AvgIpc) is 2.68. The van der Waals surface area contributed by atoms with Crippen LogP contribution in [-0.4, -0.2) is 42.8 Å². The molecule has 20 heavy (non-hydrogen) atoms. The number of aliphatic hydroxyl groups excluding tert-OH is 1. The van der Waals surface area contributed by atoms with Crippen LogP contribution in [0.15, 0.2) is 24.3 Å². The van der Waals surface area contributed by atoms with E-state index in [2.05, 4.69) is 10.2 Å². The fraction of sp³-hybridized carbons (Fsp3) is 0.571. The minimum atomic E-state index is -4.32. The van der Waals surface area contributed by atoms with Gasteiger partial charge in [-0.15, -0.1) is 0 Å². The number of halogens is 3. The first-order valence-corrected chi connectivity index (χ1v) is 6.75. The predicted octanol–water partition coefficient (Wildman–Crippen LogP) is 2.03. The number of hydrogen-bond acceptors (Lipinski definition) is 3. The molecule has 0 aliphatic carbocycles. The topological polar surface area (TPSA) is 35.5 Å². The van der Waals surface area contributed by atoms with E-state index in [-0.39, 0.29) is 12.6 Å². The van der Waals surface area contributed by atoms with E-state index in [0.717, 1.165) is 50.3 Å². The quantitative estimate of drug-likeness (QED) is 0.893. The highest BCUT2D eigenvalue weighted by atomic mass is 19.4. The number of nitrogens with one attached hydrogen (secondary N) is 1. The lowest BCUT2D eigenvalue weighted by Gasteiger charge is -2.29. The first kappa shape index (κ1) is 15.3. The van der Waals surface area contributed by atoms with Gasteiger partial charge in [-0.25, -0.2) is 0 Å². The molecule has 1 aromatic rings. The van der Waals surface area contributed by atoms with Crippen molar-refractivity contribution >= 4 is 0 Å². The zero-order valence-corrected chi connectivity index (χ0v) is 11.2. The molecule has 1 fully saturated rings. The van der Waals surface area contributed by atoms with Gasteiger partial charge in [0.05, 0.1) is 18.2 Å². The summed E-state index contributed by atoms with van der Waals surface area (Å²) in [6, 6.07) is 4.84. The largest absolute Gasteiger partial charge is 0.416 e. The highest BCUT2D eigenvalue weighted by Gasteiger charge is 2.30. The van der Waals surface area contributed by atoms with Gasteiger partial charge < -0.3 is 10.4 Å². The van der Waals surface area contributed by atoms with Gasteiger partial charge in [-0.05, 0) is 30.7 Å². The van der Waals surface area contributed by atoms with E-state index in [1.807, 2.05) is 0 Å². The smallest absolute Gasteiger partial charge is 0.394 e. The van der Waals surface area contributed by atoms with Crippen molar-refractivity contribution in [2.75, 3.05) is 32.8 Å². The van der Waals surface area contributed by atoms with Crippen LogP contribution in [0.4, 0.5) is 13.2 Å². The summed E-state index contributed by atoms with van der Waals surface area (Å²) in [4.78, 5) is 2.11. The Kier molecular flexibility index (Phi) is 5.01.